The second-order valence-electron chi connectivity index (χ2n) is 9.72. The highest BCUT2D eigenvalue weighted by Gasteiger charge is 2.17. The zero-order valence-corrected chi connectivity index (χ0v) is 21.8. The minimum absolute atomic E-state index is 0.103. The third-order valence-corrected chi connectivity index (χ3v) is 6.00. The SMILES string of the molecule is C=CCCCCCCCCC(=O)OCC[N+](C)(C)CCOC(=O)CCCCCCCCC=C. The maximum Gasteiger partial charge on any atom is 0.305 e. The fraction of sp³-hybridized carbons (Fsp3) is 0.786. The molecule has 0 atom stereocenters. The summed E-state index contributed by atoms with van der Waals surface area (Å²) in [7, 11) is 4.14. The lowest BCUT2D eigenvalue weighted by atomic mass is 10.1. The lowest BCUT2D eigenvalue weighted by Gasteiger charge is -2.29. The minimum Gasteiger partial charge on any atom is -0.460 e. The van der Waals surface area contributed by atoms with Gasteiger partial charge in [-0.2, -0.15) is 0 Å². The van der Waals surface area contributed by atoms with Gasteiger partial charge in [0, 0.05) is 12.8 Å². The van der Waals surface area contributed by atoms with Crippen molar-refractivity contribution in [2.24, 2.45) is 0 Å². The van der Waals surface area contributed by atoms with Crippen LogP contribution in [0.5, 0.6) is 0 Å². The Bertz CT molecular complexity index is 472. The molecule has 0 unspecified atom stereocenters. The average Bonchev–Trinajstić information content (AvgIpc) is 2.77. The van der Waals surface area contributed by atoms with E-state index in [2.05, 4.69) is 27.3 Å². The van der Waals surface area contributed by atoms with Crippen molar-refractivity contribution in [2.45, 2.75) is 103 Å². The molecular formula is C28H52NO4+. The van der Waals surface area contributed by atoms with E-state index in [4.69, 9.17) is 9.47 Å². The molecule has 192 valence electrons. The van der Waals surface area contributed by atoms with Crippen LogP contribution < -0.4 is 0 Å². The molecule has 0 saturated heterocycles. The molecule has 0 aliphatic rings. The molecule has 0 aliphatic carbocycles. The van der Waals surface area contributed by atoms with Crippen LogP contribution in [0.15, 0.2) is 25.3 Å². The van der Waals surface area contributed by atoms with Crippen LogP contribution in [-0.2, 0) is 19.1 Å². The van der Waals surface area contributed by atoms with Crippen LogP contribution in [0, 0.1) is 0 Å². The molecule has 5 nitrogen and oxygen atoms in total. The third kappa shape index (κ3) is 23.3. The summed E-state index contributed by atoms with van der Waals surface area (Å²) < 4.78 is 11.4. The molecule has 33 heavy (non-hydrogen) atoms. The Morgan fingerprint density at radius 1 is 0.606 bits per heavy atom. The number of nitrogens with zero attached hydrogens (tertiary/aromatic N) is 1. The van der Waals surface area contributed by atoms with E-state index >= 15 is 0 Å². The van der Waals surface area contributed by atoms with Gasteiger partial charge in [0.1, 0.15) is 26.3 Å². The fourth-order valence-electron chi connectivity index (χ4n) is 3.60. The number of allylic oxidation sites excluding steroid dienone is 2. The number of unbranched alkanes of at least 4 members (excludes halogenated alkanes) is 12. The summed E-state index contributed by atoms with van der Waals surface area (Å²) in [6, 6.07) is 0. The molecule has 0 bridgehead atoms. The van der Waals surface area contributed by atoms with Gasteiger partial charge in [0.25, 0.3) is 0 Å². The van der Waals surface area contributed by atoms with E-state index in [9.17, 15) is 9.59 Å². The molecule has 0 rings (SSSR count). The average molecular weight is 467 g/mol. The van der Waals surface area contributed by atoms with Gasteiger partial charge in [-0.25, -0.2) is 0 Å². The van der Waals surface area contributed by atoms with Gasteiger partial charge in [-0.1, -0.05) is 63.5 Å². The van der Waals surface area contributed by atoms with Crippen molar-refractivity contribution in [1.82, 2.24) is 0 Å². The van der Waals surface area contributed by atoms with Crippen LogP contribution in [0.1, 0.15) is 103 Å². The third-order valence-electron chi connectivity index (χ3n) is 6.00. The van der Waals surface area contributed by atoms with E-state index in [1.54, 1.807) is 0 Å². The van der Waals surface area contributed by atoms with Crippen molar-refractivity contribution in [3.63, 3.8) is 0 Å². The molecule has 0 heterocycles. The molecule has 0 N–H and O–H groups in total. The second kappa shape index (κ2) is 22.2. The zero-order chi connectivity index (χ0) is 24.6. The highest BCUT2D eigenvalue weighted by Crippen LogP contribution is 2.10. The van der Waals surface area contributed by atoms with Gasteiger partial charge in [0.2, 0.25) is 0 Å². The normalized spacial score (nSPS) is 11.2. The molecule has 0 aromatic carbocycles. The Kier molecular flexibility index (Phi) is 21.1. The van der Waals surface area contributed by atoms with Crippen molar-refractivity contribution in [2.75, 3.05) is 40.4 Å². The summed E-state index contributed by atoms with van der Waals surface area (Å²) in [5.74, 6) is -0.206. The Hall–Kier alpha value is -1.62. The van der Waals surface area contributed by atoms with Crippen LogP contribution in [0.25, 0.3) is 0 Å². The standard InChI is InChI=1S/C28H52NO4/c1-5-7-9-11-13-15-17-19-21-27(30)32-25-23-29(3,4)24-26-33-28(31)22-20-18-16-14-12-10-8-6-2/h5-6H,1-2,7-26H2,3-4H3/q+1. The van der Waals surface area contributed by atoms with Crippen LogP contribution in [0.2, 0.25) is 0 Å². The number of esters is 2. The maximum absolute atomic E-state index is 11.9. The minimum atomic E-state index is -0.103. The highest BCUT2D eigenvalue weighted by molar-refractivity contribution is 5.69. The number of carbonyl (C=O) groups excluding carboxylic acids is 2. The van der Waals surface area contributed by atoms with E-state index in [0.29, 0.717) is 30.5 Å². The lowest BCUT2D eigenvalue weighted by molar-refractivity contribution is -0.890. The number of rotatable bonds is 24. The van der Waals surface area contributed by atoms with Crippen LogP contribution >= 0.6 is 0 Å². The van der Waals surface area contributed by atoms with Crippen LogP contribution in [-0.4, -0.2) is 56.8 Å². The van der Waals surface area contributed by atoms with Crippen LogP contribution in [0.4, 0.5) is 0 Å². The molecule has 0 fully saturated rings. The number of ether oxygens (including phenoxy) is 2. The van der Waals surface area contributed by atoms with Gasteiger partial charge in [-0.3, -0.25) is 9.59 Å². The first kappa shape index (κ1) is 31.4. The highest BCUT2D eigenvalue weighted by atomic mass is 16.5. The summed E-state index contributed by atoms with van der Waals surface area (Å²) in [6.45, 7) is 9.74. The van der Waals surface area contributed by atoms with E-state index in [0.717, 1.165) is 51.6 Å². The van der Waals surface area contributed by atoms with Crippen LogP contribution in [0.3, 0.4) is 0 Å². The second-order valence-corrected chi connectivity index (χ2v) is 9.72. The van der Waals surface area contributed by atoms with Crippen molar-refractivity contribution >= 4 is 11.9 Å². The molecule has 0 radical (unpaired) electrons. The number of likely N-dealkylation sites (N-methyl/N-ethyl adjacent to an activating group) is 1. The predicted octanol–water partition coefficient (Wildman–Crippen LogP) is 6.76. The van der Waals surface area contributed by atoms with Gasteiger partial charge in [-0.15, -0.1) is 13.2 Å². The number of hydrogen-bond acceptors (Lipinski definition) is 4. The number of hydrogen-bond donors (Lipinski definition) is 0. The first-order chi connectivity index (χ1) is 15.9. The molecule has 0 aromatic heterocycles. The van der Waals surface area contributed by atoms with Gasteiger partial charge in [-0.05, 0) is 38.5 Å². The molecule has 0 aromatic rings. The Morgan fingerprint density at radius 2 is 0.939 bits per heavy atom. The Morgan fingerprint density at radius 3 is 1.30 bits per heavy atom. The summed E-state index contributed by atoms with van der Waals surface area (Å²) in [5.41, 5.74) is 0. The van der Waals surface area contributed by atoms with Gasteiger partial charge in [0.15, 0.2) is 0 Å². The van der Waals surface area contributed by atoms with E-state index in [1.165, 1.54) is 51.4 Å². The lowest BCUT2D eigenvalue weighted by Crippen LogP contribution is -2.45. The van der Waals surface area contributed by atoms with E-state index < -0.39 is 0 Å². The first-order valence-corrected chi connectivity index (χ1v) is 13.3. The maximum atomic E-state index is 11.9. The molecule has 5 heteroatoms. The largest absolute Gasteiger partial charge is 0.460 e. The molecular weight excluding hydrogens is 414 g/mol. The predicted molar refractivity (Wildman–Crippen MR) is 138 cm³/mol. The first-order valence-electron chi connectivity index (χ1n) is 13.3. The van der Waals surface area contributed by atoms with E-state index in [1.807, 2.05) is 12.2 Å². The number of quaternary nitrogens is 1. The quantitative estimate of drug-likeness (QED) is 0.0682. The van der Waals surface area contributed by atoms with Crippen molar-refractivity contribution in [3.05, 3.63) is 25.3 Å². The topological polar surface area (TPSA) is 52.6 Å². The van der Waals surface area contributed by atoms with Crippen molar-refractivity contribution in [3.8, 4) is 0 Å². The van der Waals surface area contributed by atoms with Gasteiger partial charge in [0.05, 0.1) is 14.1 Å². The Labute approximate surface area is 204 Å². The van der Waals surface area contributed by atoms with Gasteiger partial charge < -0.3 is 14.0 Å². The molecule has 0 amide bonds. The summed E-state index contributed by atoms with van der Waals surface area (Å²) in [6.07, 6.45) is 20.9. The smallest absolute Gasteiger partial charge is 0.305 e. The summed E-state index contributed by atoms with van der Waals surface area (Å²) in [5, 5.41) is 0. The zero-order valence-electron chi connectivity index (χ0n) is 21.8. The van der Waals surface area contributed by atoms with Crippen molar-refractivity contribution < 1.29 is 23.5 Å². The molecule has 0 aliphatic heterocycles. The molecule has 0 saturated carbocycles. The summed E-state index contributed by atoms with van der Waals surface area (Å²) >= 11 is 0. The molecule has 0 spiro atoms. The van der Waals surface area contributed by atoms with Gasteiger partial charge >= 0.3 is 11.9 Å². The monoisotopic (exact) mass is 466 g/mol. The fourth-order valence-corrected chi connectivity index (χ4v) is 3.60. The summed E-state index contributed by atoms with van der Waals surface area (Å²) in [4.78, 5) is 23.8. The van der Waals surface area contributed by atoms with Crippen molar-refractivity contribution in [1.29, 1.82) is 0 Å². The number of carbonyl (C=O) groups is 2. The Balaban J connectivity index is 3.61. The van der Waals surface area contributed by atoms with E-state index in [-0.39, 0.29) is 11.9 Å².